The highest BCUT2D eigenvalue weighted by Crippen LogP contribution is 2.39. The van der Waals surface area contributed by atoms with Gasteiger partial charge in [0.2, 0.25) is 11.8 Å². The van der Waals surface area contributed by atoms with Crippen LogP contribution in [-0.4, -0.2) is 25.0 Å². The van der Waals surface area contributed by atoms with Gasteiger partial charge in [-0.2, -0.15) is 0 Å². The normalized spacial score (nSPS) is 18.2. The standard InChI is InChI=1S/C20H20N2O3/c1-2-25-21-20(24)15-11-19(23)22(12-15)16-7-8-18-14(10-16)9-13-5-3-4-6-17(13)18/h3-8,10,15H,2,9,11-12H2,1H3,(H,21,24)/t15-/m0/s1. The summed E-state index contributed by atoms with van der Waals surface area (Å²) in [6.45, 7) is 2.60. The number of hydrogen-bond acceptors (Lipinski definition) is 3. The van der Waals surface area contributed by atoms with Crippen LogP contribution in [0, 0.1) is 5.92 Å². The molecule has 2 aromatic carbocycles. The Kier molecular flexibility index (Phi) is 4.01. The van der Waals surface area contributed by atoms with E-state index in [1.807, 2.05) is 12.1 Å². The molecule has 5 nitrogen and oxygen atoms in total. The highest BCUT2D eigenvalue weighted by atomic mass is 16.6. The summed E-state index contributed by atoms with van der Waals surface area (Å²) in [7, 11) is 0. The second-order valence-electron chi connectivity index (χ2n) is 6.48. The third kappa shape index (κ3) is 2.81. The summed E-state index contributed by atoms with van der Waals surface area (Å²) < 4.78 is 0. The molecule has 2 aliphatic rings. The SMILES string of the molecule is CCONC(=O)[C@H]1CC(=O)N(c2ccc3c(c2)Cc2ccccc2-3)C1. The summed E-state index contributed by atoms with van der Waals surface area (Å²) >= 11 is 0. The molecule has 0 aromatic heterocycles. The molecule has 1 saturated heterocycles. The third-order valence-electron chi connectivity index (χ3n) is 4.90. The van der Waals surface area contributed by atoms with E-state index in [4.69, 9.17) is 4.84 Å². The number of hydrogen-bond donors (Lipinski definition) is 1. The summed E-state index contributed by atoms with van der Waals surface area (Å²) in [5.74, 6) is -0.622. The topological polar surface area (TPSA) is 58.6 Å². The molecule has 1 aliphatic carbocycles. The molecule has 0 saturated carbocycles. The van der Waals surface area contributed by atoms with Crippen LogP contribution in [0.5, 0.6) is 0 Å². The monoisotopic (exact) mass is 336 g/mol. The summed E-state index contributed by atoms with van der Waals surface area (Å²) in [6, 6.07) is 14.5. The van der Waals surface area contributed by atoms with Gasteiger partial charge in [-0.05, 0) is 47.7 Å². The largest absolute Gasteiger partial charge is 0.312 e. The molecule has 4 rings (SSSR count). The molecule has 0 spiro atoms. The van der Waals surface area contributed by atoms with Gasteiger partial charge in [0.15, 0.2) is 0 Å². The van der Waals surface area contributed by atoms with Gasteiger partial charge in [-0.15, -0.1) is 0 Å². The van der Waals surface area contributed by atoms with E-state index in [1.54, 1.807) is 11.8 Å². The van der Waals surface area contributed by atoms with E-state index in [-0.39, 0.29) is 24.2 Å². The minimum Gasteiger partial charge on any atom is -0.312 e. The van der Waals surface area contributed by atoms with E-state index in [1.165, 1.54) is 22.3 Å². The van der Waals surface area contributed by atoms with Crippen molar-refractivity contribution in [2.75, 3.05) is 18.1 Å². The summed E-state index contributed by atoms with van der Waals surface area (Å²) in [5.41, 5.74) is 8.32. The first kappa shape index (κ1) is 15.8. The van der Waals surface area contributed by atoms with Gasteiger partial charge in [0, 0.05) is 18.7 Å². The number of benzene rings is 2. The van der Waals surface area contributed by atoms with Crippen LogP contribution >= 0.6 is 0 Å². The Hall–Kier alpha value is -2.66. The minimum absolute atomic E-state index is 0.0212. The molecule has 0 unspecified atom stereocenters. The Morgan fingerprint density at radius 3 is 2.84 bits per heavy atom. The molecule has 2 aromatic rings. The maximum atomic E-state index is 12.4. The van der Waals surface area contributed by atoms with Crippen LogP contribution in [0.2, 0.25) is 0 Å². The smallest absolute Gasteiger partial charge is 0.248 e. The number of nitrogens with zero attached hydrogens (tertiary/aromatic N) is 1. The Morgan fingerprint density at radius 2 is 2.00 bits per heavy atom. The summed E-state index contributed by atoms with van der Waals surface area (Å²) in [4.78, 5) is 31.1. The number of carbonyl (C=O) groups is 2. The fraction of sp³-hybridized carbons (Fsp3) is 0.300. The number of anilines is 1. The van der Waals surface area contributed by atoms with Gasteiger partial charge in [0.25, 0.3) is 0 Å². The van der Waals surface area contributed by atoms with Crippen LogP contribution in [0.25, 0.3) is 11.1 Å². The summed E-state index contributed by atoms with van der Waals surface area (Å²) in [5, 5.41) is 0. The lowest BCUT2D eigenvalue weighted by Crippen LogP contribution is -2.33. The van der Waals surface area contributed by atoms with E-state index >= 15 is 0 Å². The lowest BCUT2D eigenvalue weighted by molar-refractivity contribution is -0.137. The molecule has 1 N–H and O–H groups in total. The second kappa shape index (κ2) is 6.33. The number of amides is 2. The Balaban J connectivity index is 1.55. The Labute approximate surface area is 146 Å². The number of hydroxylamine groups is 1. The average Bonchev–Trinajstić information content (AvgIpc) is 3.19. The Morgan fingerprint density at radius 1 is 1.20 bits per heavy atom. The molecule has 2 amide bonds. The lowest BCUT2D eigenvalue weighted by Gasteiger charge is -2.18. The van der Waals surface area contributed by atoms with Crippen molar-refractivity contribution in [3.8, 4) is 11.1 Å². The van der Waals surface area contributed by atoms with Crippen molar-refractivity contribution in [2.24, 2.45) is 5.92 Å². The number of rotatable bonds is 4. The molecule has 5 heteroatoms. The van der Waals surface area contributed by atoms with E-state index in [9.17, 15) is 9.59 Å². The van der Waals surface area contributed by atoms with Crippen LogP contribution in [0.4, 0.5) is 5.69 Å². The number of carbonyl (C=O) groups excluding carboxylic acids is 2. The van der Waals surface area contributed by atoms with Gasteiger partial charge in [-0.25, -0.2) is 5.48 Å². The predicted octanol–water partition coefficient (Wildman–Crippen LogP) is 2.68. The molecular formula is C20H20N2O3. The van der Waals surface area contributed by atoms with Crippen molar-refractivity contribution in [1.29, 1.82) is 0 Å². The van der Waals surface area contributed by atoms with E-state index in [2.05, 4.69) is 35.8 Å². The average molecular weight is 336 g/mol. The molecule has 128 valence electrons. The zero-order valence-electron chi connectivity index (χ0n) is 14.1. The first-order valence-corrected chi connectivity index (χ1v) is 8.60. The highest BCUT2D eigenvalue weighted by Gasteiger charge is 2.35. The van der Waals surface area contributed by atoms with Gasteiger partial charge < -0.3 is 4.90 Å². The van der Waals surface area contributed by atoms with E-state index in [0.29, 0.717) is 13.2 Å². The van der Waals surface area contributed by atoms with Gasteiger partial charge in [-0.1, -0.05) is 30.3 Å². The number of fused-ring (bicyclic) bond motifs is 3. The van der Waals surface area contributed by atoms with E-state index in [0.717, 1.165) is 12.1 Å². The van der Waals surface area contributed by atoms with Crippen LogP contribution < -0.4 is 10.4 Å². The van der Waals surface area contributed by atoms with Crippen LogP contribution in [0.3, 0.4) is 0 Å². The summed E-state index contributed by atoms with van der Waals surface area (Å²) in [6.07, 6.45) is 1.10. The molecule has 1 fully saturated rings. The van der Waals surface area contributed by atoms with Crippen molar-refractivity contribution < 1.29 is 14.4 Å². The third-order valence-corrected chi connectivity index (χ3v) is 4.90. The molecule has 1 atom stereocenters. The van der Waals surface area contributed by atoms with Crippen molar-refractivity contribution in [2.45, 2.75) is 19.8 Å². The second-order valence-corrected chi connectivity index (χ2v) is 6.48. The lowest BCUT2D eigenvalue weighted by atomic mass is 10.1. The Bertz CT molecular complexity index is 847. The highest BCUT2D eigenvalue weighted by molar-refractivity contribution is 6.00. The van der Waals surface area contributed by atoms with Crippen molar-refractivity contribution in [3.05, 3.63) is 53.6 Å². The molecule has 25 heavy (non-hydrogen) atoms. The zero-order valence-corrected chi connectivity index (χ0v) is 14.1. The van der Waals surface area contributed by atoms with E-state index < -0.39 is 0 Å². The fourth-order valence-electron chi connectivity index (χ4n) is 3.66. The quantitative estimate of drug-likeness (QED) is 0.745. The van der Waals surface area contributed by atoms with Crippen LogP contribution in [-0.2, 0) is 20.8 Å². The maximum absolute atomic E-state index is 12.4. The predicted molar refractivity (Wildman–Crippen MR) is 94.9 cm³/mol. The minimum atomic E-state index is -0.371. The van der Waals surface area contributed by atoms with Crippen molar-refractivity contribution >= 4 is 17.5 Å². The van der Waals surface area contributed by atoms with Crippen molar-refractivity contribution in [1.82, 2.24) is 5.48 Å². The van der Waals surface area contributed by atoms with Crippen LogP contribution in [0.1, 0.15) is 24.5 Å². The fourth-order valence-corrected chi connectivity index (χ4v) is 3.66. The van der Waals surface area contributed by atoms with Gasteiger partial charge in [0.05, 0.1) is 12.5 Å². The maximum Gasteiger partial charge on any atom is 0.248 e. The van der Waals surface area contributed by atoms with Gasteiger partial charge in [0.1, 0.15) is 0 Å². The molecular weight excluding hydrogens is 316 g/mol. The molecule has 0 radical (unpaired) electrons. The number of nitrogens with one attached hydrogen (secondary N) is 1. The molecule has 1 heterocycles. The van der Waals surface area contributed by atoms with Gasteiger partial charge >= 0.3 is 0 Å². The molecule has 1 aliphatic heterocycles. The first-order valence-electron chi connectivity index (χ1n) is 8.60. The zero-order chi connectivity index (χ0) is 17.4. The van der Waals surface area contributed by atoms with Crippen LogP contribution in [0.15, 0.2) is 42.5 Å². The van der Waals surface area contributed by atoms with Gasteiger partial charge in [-0.3, -0.25) is 14.4 Å². The van der Waals surface area contributed by atoms with Crippen molar-refractivity contribution in [3.63, 3.8) is 0 Å². The first-order chi connectivity index (χ1) is 12.2. The molecule has 0 bridgehead atoms.